The molecule has 2 rings (SSSR count). The molecule has 6 nitrogen and oxygen atoms in total. The second-order valence-electron chi connectivity index (χ2n) is 6.67. The molecule has 3 unspecified atom stereocenters. The molecule has 6 heteroatoms. The first-order valence-corrected chi connectivity index (χ1v) is 8.98. The average Bonchev–Trinajstić information content (AvgIpc) is 3.03. The van der Waals surface area contributed by atoms with E-state index in [0.717, 1.165) is 18.4 Å². The number of amides is 2. The first-order chi connectivity index (χ1) is 12.0. The van der Waals surface area contributed by atoms with Crippen LogP contribution in [0.3, 0.4) is 0 Å². The molecule has 0 radical (unpaired) electrons. The number of benzene rings is 1. The van der Waals surface area contributed by atoms with Crippen molar-refractivity contribution in [3.8, 4) is 0 Å². The summed E-state index contributed by atoms with van der Waals surface area (Å²) in [5.74, 6) is -0.734. The highest BCUT2D eigenvalue weighted by atomic mass is 16.4. The number of likely N-dealkylation sites (tertiary alicyclic amines) is 1. The number of aliphatic carboxylic acids is 1. The monoisotopic (exact) mass is 348 g/mol. The Hall–Kier alpha value is -2.08. The lowest BCUT2D eigenvalue weighted by Crippen LogP contribution is -2.48. The lowest BCUT2D eigenvalue weighted by atomic mass is 9.99. The topological polar surface area (TPSA) is 89.9 Å². The first-order valence-electron chi connectivity index (χ1n) is 8.98. The summed E-state index contributed by atoms with van der Waals surface area (Å²) in [5.41, 5.74) is 1.07. The van der Waals surface area contributed by atoms with Crippen LogP contribution in [0.1, 0.15) is 38.2 Å². The number of nitrogens with one attached hydrogen (secondary N) is 1. The number of nitrogens with zero attached hydrogens (tertiary/aromatic N) is 1. The first kappa shape index (κ1) is 19.2. The highest BCUT2D eigenvalue weighted by molar-refractivity contribution is 5.75. The Morgan fingerprint density at radius 2 is 2.04 bits per heavy atom. The fourth-order valence-electron chi connectivity index (χ4n) is 3.62. The van der Waals surface area contributed by atoms with Gasteiger partial charge in [0.05, 0.1) is 0 Å². The molecular weight excluding hydrogens is 320 g/mol. The number of carbonyl (C=O) groups is 2. The minimum absolute atomic E-state index is 0.0221. The number of hydrogen-bond donors (Lipinski definition) is 3. The van der Waals surface area contributed by atoms with E-state index in [0.29, 0.717) is 19.4 Å². The van der Waals surface area contributed by atoms with E-state index in [1.165, 1.54) is 0 Å². The van der Waals surface area contributed by atoms with Crippen LogP contribution in [-0.2, 0) is 11.2 Å². The fourth-order valence-corrected chi connectivity index (χ4v) is 3.62. The molecule has 1 aromatic rings. The molecule has 0 aliphatic carbocycles. The van der Waals surface area contributed by atoms with Gasteiger partial charge in [0.2, 0.25) is 0 Å². The van der Waals surface area contributed by atoms with Crippen LogP contribution in [0.25, 0.3) is 0 Å². The maximum Gasteiger partial charge on any atom is 0.317 e. The second-order valence-corrected chi connectivity index (χ2v) is 6.67. The van der Waals surface area contributed by atoms with Crippen molar-refractivity contribution in [3.63, 3.8) is 0 Å². The van der Waals surface area contributed by atoms with Crippen LogP contribution < -0.4 is 5.32 Å². The van der Waals surface area contributed by atoms with Crippen molar-refractivity contribution in [1.82, 2.24) is 10.2 Å². The summed E-state index contributed by atoms with van der Waals surface area (Å²) in [6, 6.07) is 9.42. The van der Waals surface area contributed by atoms with E-state index in [9.17, 15) is 14.7 Å². The van der Waals surface area contributed by atoms with E-state index in [4.69, 9.17) is 5.11 Å². The summed E-state index contributed by atoms with van der Waals surface area (Å²) in [4.78, 5) is 25.4. The van der Waals surface area contributed by atoms with Crippen molar-refractivity contribution in [2.75, 3.05) is 13.2 Å². The van der Waals surface area contributed by atoms with Crippen molar-refractivity contribution < 1.29 is 19.8 Å². The Labute approximate surface area is 148 Å². The van der Waals surface area contributed by atoms with E-state index in [1.807, 2.05) is 37.3 Å². The van der Waals surface area contributed by atoms with Gasteiger partial charge in [-0.1, -0.05) is 37.3 Å². The molecule has 0 saturated carbocycles. The molecule has 1 aliphatic heterocycles. The number of rotatable bonds is 8. The third kappa shape index (κ3) is 5.46. The van der Waals surface area contributed by atoms with Crippen LogP contribution in [0.15, 0.2) is 30.3 Å². The molecule has 1 saturated heterocycles. The number of hydrogen-bond acceptors (Lipinski definition) is 3. The van der Waals surface area contributed by atoms with Gasteiger partial charge < -0.3 is 20.4 Å². The Bertz CT molecular complexity index is 564. The summed E-state index contributed by atoms with van der Waals surface area (Å²) in [7, 11) is 0. The normalized spacial score (nSPS) is 21.1. The predicted octanol–water partition coefficient (Wildman–Crippen LogP) is 2.26. The van der Waals surface area contributed by atoms with Gasteiger partial charge >= 0.3 is 12.0 Å². The number of aliphatic hydroxyl groups is 1. The third-order valence-electron chi connectivity index (χ3n) is 4.96. The largest absolute Gasteiger partial charge is 0.481 e. The molecule has 1 heterocycles. The highest BCUT2D eigenvalue weighted by Gasteiger charge is 2.35. The number of carboxylic acid groups (broad SMARTS) is 1. The zero-order valence-electron chi connectivity index (χ0n) is 14.7. The van der Waals surface area contributed by atoms with Gasteiger partial charge in [0.15, 0.2) is 0 Å². The van der Waals surface area contributed by atoms with Gasteiger partial charge in [0, 0.05) is 37.6 Å². The van der Waals surface area contributed by atoms with E-state index in [1.54, 1.807) is 4.90 Å². The lowest BCUT2D eigenvalue weighted by Gasteiger charge is -2.29. The van der Waals surface area contributed by atoms with Crippen molar-refractivity contribution >= 4 is 12.0 Å². The molecule has 1 aromatic carbocycles. The smallest absolute Gasteiger partial charge is 0.317 e. The number of carbonyl (C=O) groups excluding carboxylic acids is 1. The predicted molar refractivity (Wildman–Crippen MR) is 95.3 cm³/mol. The Morgan fingerprint density at radius 3 is 2.64 bits per heavy atom. The molecular formula is C19H28N2O4. The van der Waals surface area contributed by atoms with Gasteiger partial charge in [0.1, 0.15) is 0 Å². The van der Waals surface area contributed by atoms with Crippen LogP contribution in [0.4, 0.5) is 4.79 Å². The van der Waals surface area contributed by atoms with Gasteiger partial charge in [-0.2, -0.15) is 0 Å². The van der Waals surface area contributed by atoms with E-state index < -0.39 is 5.97 Å². The highest BCUT2D eigenvalue weighted by Crippen LogP contribution is 2.26. The third-order valence-corrected chi connectivity index (χ3v) is 4.96. The standard InChI is InChI=1S/C19H28N2O4/c1-2-17-15(13-22)10-11-21(17)19(25)20-16(8-9-18(23)24)12-14-6-4-3-5-7-14/h3-7,15-17,22H,2,8-13H2,1H3,(H,20,25)(H,23,24). The maximum atomic E-state index is 12.7. The van der Waals surface area contributed by atoms with Crippen LogP contribution in [0.5, 0.6) is 0 Å². The molecule has 138 valence electrons. The number of aliphatic hydroxyl groups excluding tert-OH is 1. The summed E-state index contributed by atoms with van der Waals surface area (Å²) in [6.07, 6.45) is 2.63. The van der Waals surface area contributed by atoms with Gasteiger partial charge in [-0.05, 0) is 31.2 Å². The molecule has 1 aliphatic rings. The van der Waals surface area contributed by atoms with E-state index in [-0.39, 0.29) is 37.1 Å². The molecule has 3 atom stereocenters. The van der Waals surface area contributed by atoms with Gasteiger partial charge in [0.25, 0.3) is 0 Å². The minimum atomic E-state index is -0.861. The van der Waals surface area contributed by atoms with Gasteiger partial charge in [-0.25, -0.2) is 4.79 Å². The van der Waals surface area contributed by atoms with Gasteiger partial charge in [-0.15, -0.1) is 0 Å². The summed E-state index contributed by atoms with van der Waals surface area (Å²) in [5, 5.41) is 21.4. The summed E-state index contributed by atoms with van der Waals surface area (Å²) in [6.45, 7) is 2.74. The molecule has 25 heavy (non-hydrogen) atoms. The molecule has 2 amide bonds. The number of urea groups is 1. The average molecular weight is 348 g/mol. The van der Waals surface area contributed by atoms with Crippen LogP contribution in [-0.4, -0.2) is 52.3 Å². The van der Waals surface area contributed by atoms with Crippen molar-refractivity contribution in [1.29, 1.82) is 0 Å². The maximum absolute atomic E-state index is 12.7. The van der Waals surface area contributed by atoms with Crippen LogP contribution >= 0.6 is 0 Å². The number of carboxylic acids is 1. The van der Waals surface area contributed by atoms with Crippen molar-refractivity contribution in [3.05, 3.63) is 35.9 Å². The van der Waals surface area contributed by atoms with Crippen molar-refractivity contribution in [2.24, 2.45) is 5.92 Å². The Kier molecular flexibility index (Phi) is 7.25. The molecule has 0 aromatic heterocycles. The van der Waals surface area contributed by atoms with E-state index >= 15 is 0 Å². The molecule has 0 spiro atoms. The Morgan fingerprint density at radius 1 is 1.32 bits per heavy atom. The zero-order chi connectivity index (χ0) is 18.2. The molecule has 0 bridgehead atoms. The van der Waals surface area contributed by atoms with Crippen LogP contribution in [0, 0.1) is 5.92 Å². The molecule has 3 N–H and O–H groups in total. The zero-order valence-corrected chi connectivity index (χ0v) is 14.7. The summed E-state index contributed by atoms with van der Waals surface area (Å²) >= 11 is 0. The quantitative estimate of drug-likeness (QED) is 0.672. The van der Waals surface area contributed by atoms with E-state index in [2.05, 4.69) is 5.32 Å². The molecule has 1 fully saturated rings. The van der Waals surface area contributed by atoms with Crippen molar-refractivity contribution in [2.45, 2.75) is 51.1 Å². The lowest BCUT2D eigenvalue weighted by molar-refractivity contribution is -0.137. The SMILES string of the molecule is CCC1C(CO)CCN1C(=O)NC(CCC(=O)O)Cc1ccccc1. The Balaban J connectivity index is 2.01. The second kappa shape index (κ2) is 9.42. The van der Waals surface area contributed by atoms with Gasteiger partial charge in [-0.3, -0.25) is 4.79 Å². The summed E-state index contributed by atoms with van der Waals surface area (Å²) < 4.78 is 0. The fraction of sp³-hybridized carbons (Fsp3) is 0.579. The van der Waals surface area contributed by atoms with Crippen LogP contribution in [0.2, 0.25) is 0 Å². The minimum Gasteiger partial charge on any atom is -0.481 e.